The number of nitrogens with one attached hydrogen (secondary N) is 1. The fourth-order valence-corrected chi connectivity index (χ4v) is 5.52. The van der Waals surface area contributed by atoms with Crippen LogP contribution in [0.25, 0.3) is 11.2 Å². The molecule has 2 aromatic heterocycles. The Balaban J connectivity index is 1.35. The van der Waals surface area contributed by atoms with Crippen molar-refractivity contribution in [3.8, 4) is 0 Å². The maximum atomic E-state index is 15.5. The van der Waals surface area contributed by atoms with Gasteiger partial charge in [-0.25, -0.2) is 28.1 Å². The van der Waals surface area contributed by atoms with Crippen molar-refractivity contribution in [1.29, 1.82) is 0 Å². The van der Waals surface area contributed by atoms with Gasteiger partial charge in [0, 0.05) is 68.4 Å². The number of carbonyl (C=O) groups is 1. The third-order valence-corrected chi connectivity index (χ3v) is 8.08. The number of likely N-dealkylation sites (tertiary alicyclic amines) is 1. The van der Waals surface area contributed by atoms with Crippen LogP contribution < -0.4 is 21.7 Å². The van der Waals surface area contributed by atoms with Crippen molar-refractivity contribution in [2.24, 2.45) is 5.73 Å². The summed E-state index contributed by atoms with van der Waals surface area (Å²) < 4.78 is 44.9. The number of hydrogen-bond acceptors (Lipinski definition) is 8. The molecule has 3 aromatic rings. The second kappa shape index (κ2) is 9.63. The van der Waals surface area contributed by atoms with Gasteiger partial charge in [0.25, 0.3) is 5.92 Å². The molecule has 3 fully saturated rings. The summed E-state index contributed by atoms with van der Waals surface area (Å²) in [5.41, 5.74) is 14.2. The molecule has 2 aliphatic heterocycles. The molecule has 0 bridgehead atoms. The highest BCUT2D eigenvalue weighted by Gasteiger charge is 2.43. The van der Waals surface area contributed by atoms with Gasteiger partial charge in [0.05, 0.1) is 12.9 Å². The number of alkyl halides is 2. The van der Waals surface area contributed by atoms with E-state index in [1.165, 1.54) is 12.4 Å². The molecule has 2 saturated heterocycles. The predicted octanol–water partition coefficient (Wildman–Crippen LogP) is 2.01. The first-order valence-corrected chi connectivity index (χ1v) is 13.3. The third-order valence-electron chi connectivity index (χ3n) is 8.08. The van der Waals surface area contributed by atoms with Gasteiger partial charge < -0.3 is 26.3 Å². The van der Waals surface area contributed by atoms with E-state index in [4.69, 9.17) is 11.5 Å². The Morgan fingerprint density at radius 1 is 1.05 bits per heavy atom. The topological polar surface area (TPSA) is 131 Å². The Morgan fingerprint density at radius 3 is 2.56 bits per heavy atom. The van der Waals surface area contributed by atoms with E-state index in [1.807, 2.05) is 9.80 Å². The zero-order chi connectivity index (χ0) is 27.4. The minimum Gasteiger partial charge on any atom is -0.382 e. The van der Waals surface area contributed by atoms with Gasteiger partial charge in [-0.15, -0.1) is 0 Å². The van der Waals surface area contributed by atoms with Crippen LogP contribution in [0.4, 0.5) is 24.7 Å². The number of nitrogens with zero attached hydrogens (tertiary/aromatic N) is 6. The summed E-state index contributed by atoms with van der Waals surface area (Å²) in [5.74, 6) is -3.05. The van der Waals surface area contributed by atoms with Crippen LogP contribution in [-0.2, 0) is 17.9 Å². The van der Waals surface area contributed by atoms with Crippen LogP contribution in [0, 0.1) is 5.82 Å². The van der Waals surface area contributed by atoms with Crippen LogP contribution in [0.2, 0.25) is 0 Å². The third kappa shape index (κ3) is 5.12. The molecule has 6 rings (SSSR count). The highest BCUT2D eigenvalue weighted by Crippen LogP contribution is 2.35. The number of rotatable bonds is 7. The number of imidazole rings is 1. The van der Waals surface area contributed by atoms with Gasteiger partial charge in [0.15, 0.2) is 11.5 Å². The van der Waals surface area contributed by atoms with Gasteiger partial charge in [0.1, 0.15) is 23.2 Å². The van der Waals surface area contributed by atoms with Crippen molar-refractivity contribution in [2.45, 2.75) is 62.7 Å². The van der Waals surface area contributed by atoms with Crippen LogP contribution in [0.5, 0.6) is 0 Å². The monoisotopic (exact) mass is 543 g/mol. The molecule has 1 aliphatic carbocycles. The Morgan fingerprint density at radius 2 is 1.82 bits per heavy atom. The largest absolute Gasteiger partial charge is 0.382 e. The maximum absolute atomic E-state index is 15.5. The first kappa shape index (κ1) is 25.8. The molecule has 0 spiro atoms. The molecule has 1 saturated carbocycles. The number of amides is 1. The summed E-state index contributed by atoms with van der Waals surface area (Å²) in [5, 5.41) is 3.01. The predicted molar refractivity (Wildman–Crippen MR) is 140 cm³/mol. The second-order valence-electron chi connectivity index (χ2n) is 11.0. The Labute approximate surface area is 223 Å². The molecule has 1 amide bonds. The fourth-order valence-electron chi connectivity index (χ4n) is 5.52. The number of anilines is 2. The van der Waals surface area contributed by atoms with Crippen molar-refractivity contribution < 1.29 is 18.0 Å². The SMILES string of the molecule is Nc1ncnc2c1ncn2Cc1c(N2CCC(N)(C(=O)NC3CC3)C2)ccc(F)c1CN1CCC(F)(F)CC1. The summed E-state index contributed by atoms with van der Waals surface area (Å²) in [6.07, 6.45) is 4.79. The Kier molecular flexibility index (Phi) is 6.37. The summed E-state index contributed by atoms with van der Waals surface area (Å²) in [7, 11) is 0. The molecule has 39 heavy (non-hydrogen) atoms. The number of fused-ring (bicyclic) bond motifs is 1. The number of carbonyl (C=O) groups excluding carboxylic acids is 1. The lowest BCUT2D eigenvalue weighted by molar-refractivity contribution is -0.125. The quantitative estimate of drug-likeness (QED) is 0.413. The van der Waals surface area contributed by atoms with E-state index in [9.17, 15) is 13.6 Å². The van der Waals surface area contributed by atoms with Crippen molar-refractivity contribution in [3.63, 3.8) is 0 Å². The molecular weight excluding hydrogens is 511 g/mol. The minimum absolute atomic E-state index is 0.168. The highest BCUT2D eigenvalue weighted by molar-refractivity contribution is 5.88. The maximum Gasteiger partial charge on any atom is 0.250 e. The average Bonchev–Trinajstić information content (AvgIpc) is 3.47. The van der Waals surface area contributed by atoms with Gasteiger partial charge in [-0.1, -0.05) is 0 Å². The lowest BCUT2D eigenvalue weighted by Gasteiger charge is -2.33. The molecule has 208 valence electrons. The number of nitrogen functional groups attached to an aromatic ring is 1. The second-order valence-corrected chi connectivity index (χ2v) is 11.0. The molecule has 5 N–H and O–H groups in total. The first-order chi connectivity index (χ1) is 18.6. The minimum atomic E-state index is -2.70. The molecule has 0 radical (unpaired) electrons. The van der Waals surface area contributed by atoms with Gasteiger partial charge in [0.2, 0.25) is 5.91 Å². The highest BCUT2D eigenvalue weighted by atomic mass is 19.3. The zero-order valence-electron chi connectivity index (χ0n) is 21.5. The fraction of sp³-hybridized carbons (Fsp3) is 0.538. The standard InChI is InChI=1S/C26H32F3N9O/c27-19-3-4-20(37-10-5-25(31,13-37)24(39)35-16-1-2-16)18(17(19)11-36-8-6-26(28,29)7-9-36)12-38-15-34-21-22(30)32-14-33-23(21)38/h3-4,14-16H,1-2,5-13,31H2,(H,35,39)(H2,30,32,33). The lowest BCUT2D eigenvalue weighted by Crippen LogP contribution is -2.56. The van der Waals surface area contributed by atoms with Gasteiger partial charge >= 0.3 is 0 Å². The zero-order valence-corrected chi connectivity index (χ0v) is 21.5. The van der Waals surface area contributed by atoms with Crippen LogP contribution in [0.3, 0.4) is 0 Å². The molecule has 13 heteroatoms. The van der Waals surface area contributed by atoms with E-state index in [1.54, 1.807) is 17.0 Å². The summed E-state index contributed by atoms with van der Waals surface area (Å²) in [4.78, 5) is 29.4. The molecule has 1 aromatic carbocycles. The van der Waals surface area contributed by atoms with Crippen LogP contribution >= 0.6 is 0 Å². The first-order valence-electron chi connectivity index (χ1n) is 13.3. The molecule has 10 nitrogen and oxygen atoms in total. The van der Waals surface area contributed by atoms with E-state index in [2.05, 4.69) is 20.3 Å². The van der Waals surface area contributed by atoms with Crippen molar-refractivity contribution in [1.82, 2.24) is 29.7 Å². The van der Waals surface area contributed by atoms with E-state index in [-0.39, 0.29) is 63.3 Å². The van der Waals surface area contributed by atoms with E-state index >= 15 is 4.39 Å². The van der Waals surface area contributed by atoms with Gasteiger partial charge in [-0.2, -0.15) is 0 Å². The molecule has 1 atom stereocenters. The summed E-state index contributed by atoms with van der Waals surface area (Å²) in [6, 6.07) is 3.30. The smallest absolute Gasteiger partial charge is 0.250 e. The van der Waals surface area contributed by atoms with Gasteiger partial charge in [-0.3, -0.25) is 9.69 Å². The number of halogens is 3. The van der Waals surface area contributed by atoms with E-state index in [0.29, 0.717) is 35.3 Å². The van der Waals surface area contributed by atoms with E-state index < -0.39 is 17.3 Å². The number of aromatic nitrogens is 4. The van der Waals surface area contributed by atoms with Crippen molar-refractivity contribution in [3.05, 3.63) is 41.7 Å². The number of piperidine rings is 1. The average molecular weight is 544 g/mol. The number of hydrogen-bond donors (Lipinski definition) is 3. The lowest BCUT2D eigenvalue weighted by atomic mass is 9.98. The molecule has 3 aliphatic rings. The number of nitrogens with two attached hydrogens (primary N) is 2. The Hall–Kier alpha value is -3.45. The van der Waals surface area contributed by atoms with E-state index in [0.717, 1.165) is 18.5 Å². The summed E-state index contributed by atoms with van der Waals surface area (Å²) >= 11 is 0. The van der Waals surface area contributed by atoms with Crippen molar-refractivity contribution >= 4 is 28.6 Å². The van der Waals surface area contributed by atoms with Crippen molar-refractivity contribution in [2.75, 3.05) is 36.8 Å². The van der Waals surface area contributed by atoms with Gasteiger partial charge in [-0.05, 0) is 31.4 Å². The normalized spacial score (nSPS) is 23.4. The van der Waals surface area contributed by atoms with Crippen LogP contribution in [-0.4, -0.2) is 74.0 Å². The summed E-state index contributed by atoms with van der Waals surface area (Å²) in [6.45, 7) is 1.53. The van der Waals surface area contributed by atoms with Crippen LogP contribution in [0.15, 0.2) is 24.8 Å². The molecule has 1 unspecified atom stereocenters. The molecule has 4 heterocycles. The number of benzene rings is 1. The van der Waals surface area contributed by atoms with Crippen LogP contribution in [0.1, 0.15) is 43.2 Å². The Bertz CT molecular complexity index is 1400. The molecular formula is C26H32F3N9O.